The second-order valence-electron chi connectivity index (χ2n) is 5.33. The maximum Gasteiger partial charge on any atom is 0.308 e. The Bertz CT molecular complexity index is 788. The molecule has 0 fully saturated rings. The smallest absolute Gasteiger partial charge is 0.293 e. The minimum atomic E-state index is 0.0647. The van der Waals surface area contributed by atoms with Gasteiger partial charge in [0.2, 0.25) is 0 Å². The first-order valence-corrected chi connectivity index (χ1v) is 9.65. The lowest BCUT2D eigenvalue weighted by atomic mass is 10.2. The van der Waals surface area contributed by atoms with E-state index in [4.69, 9.17) is 0 Å². The minimum absolute atomic E-state index is 0.0647. The number of benzene rings is 1. The summed E-state index contributed by atoms with van der Waals surface area (Å²) in [6.45, 7) is 4.01. The lowest BCUT2D eigenvalue weighted by Crippen LogP contribution is -2.32. The first kappa shape index (κ1) is 18.3. The minimum Gasteiger partial charge on any atom is -0.293 e. The third-order valence-electron chi connectivity index (χ3n) is 3.31. The van der Waals surface area contributed by atoms with Crippen LogP contribution in [0.3, 0.4) is 0 Å². The number of hydrogen-bond acceptors (Lipinski definition) is 4. The molecule has 0 saturated heterocycles. The van der Waals surface area contributed by atoms with Crippen LogP contribution in [0, 0.1) is 25.2 Å². The van der Waals surface area contributed by atoms with Crippen molar-refractivity contribution >= 4 is 35.0 Å². The Kier molecular flexibility index (Phi) is 6.65. The first-order valence-electron chi connectivity index (χ1n) is 7.44. The molecule has 1 aromatic heterocycles. The molecule has 0 N–H and O–H groups in total. The summed E-state index contributed by atoms with van der Waals surface area (Å²) in [6.07, 6.45) is 5.79. The van der Waals surface area contributed by atoms with Gasteiger partial charge < -0.3 is 0 Å². The number of ketones is 1. The molecule has 0 saturated carbocycles. The van der Waals surface area contributed by atoms with Crippen LogP contribution in [0.15, 0.2) is 53.0 Å². The van der Waals surface area contributed by atoms with Crippen molar-refractivity contribution in [1.29, 1.82) is 5.26 Å². The van der Waals surface area contributed by atoms with Gasteiger partial charge in [0.15, 0.2) is 24.2 Å². The van der Waals surface area contributed by atoms with Crippen LogP contribution in [0.5, 0.6) is 0 Å². The number of Topliss-reactive ketones (excluding diaryl/α,β-unsaturated/α-hetero) is 1. The summed E-state index contributed by atoms with van der Waals surface area (Å²) in [4.78, 5) is 12.3. The van der Waals surface area contributed by atoms with Gasteiger partial charge in [-0.2, -0.15) is 9.83 Å². The predicted octanol–water partition coefficient (Wildman–Crippen LogP) is 4.22. The van der Waals surface area contributed by atoms with E-state index in [1.807, 2.05) is 67.4 Å². The van der Waals surface area contributed by atoms with E-state index in [1.165, 1.54) is 23.5 Å². The van der Waals surface area contributed by atoms with Crippen LogP contribution in [0.1, 0.15) is 21.5 Å². The summed E-state index contributed by atoms with van der Waals surface area (Å²) in [5.41, 5.74) is 3.44. The number of carbonyl (C=O) groups excluding carboxylic acids is 1. The molecule has 2 rings (SSSR count). The molecular formula is C19H19N2OS2+. The molecule has 24 heavy (non-hydrogen) atoms. The summed E-state index contributed by atoms with van der Waals surface area (Å²) in [6, 6.07) is 13.6. The van der Waals surface area contributed by atoms with Gasteiger partial charge in [0.25, 0.3) is 0 Å². The Hall–Kier alpha value is -2.03. The van der Waals surface area contributed by atoms with E-state index in [-0.39, 0.29) is 5.78 Å². The van der Waals surface area contributed by atoms with Crippen LogP contribution >= 0.6 is 23.5 Å². The number of carbonyl (C=O) groups is 1. The number of aromatic nitrogens is 1. The van der Waals surface area contributed by atoms with E-state index in [9.17, 15) is 10.1 Å². The summed E-state index contributed by atoms with van der Waals surface area (Å²) in [7, 11) is 0. The van der Waals surface area contributed by atoms with Crippen LogP contribution in [0.25, 0.3) is 5.70 Å². The van der Waals surface area contributed by atoms with E-state index in [2.05, 4.69) is 12.1 Å². The van der Waals surface area contributed by atoms with Crippen molar-refractivity contribution in [2.45, 2.75) is 13.8 Å². The molecular weight excluding hydrogens is 336 g/mol. The Balaban J connectivity index is 2.25. The van der Waals surface area contributed by atoms with Gasteiger partial charge in [-0.05, 0) is 26.2 Å². The second kappa shape index (κ2) is 8.72. The van der Waals surface area contributed by atoms with Gasteiger partial charge in [-0.1, -0.05) is 30.3 Å². The van der Waals surface area contributed by atoms with Crippen molar-refractivity contribution in [3.8, 4) is 6.07 Å². The van der Waals surface area contributed by atoms with Gasteiger partial charge in [-0.15, -0.1) is 23.5 Å². The van der Waals surface area contributed by atoms with Crippen molar-refractivity contribution in [1.82, 2.24) is 0 Å². The highest BCUT2D eigenvalue weighted by Gasteiger charge is 2.19. The molecule has 0 bridgehead atoms. The van der Waals surface area contributed by atoms with Gasteiger partial charge >= 0.3 is 5.70 Å². The van der Waals surface area contributed by atoms with Crippen LogP contribution < -0.4 is 4.57 Å². The zero-order valence-corrected chi connectivity index (χ0v) is 15.6. The summed E-state index contributed by atoms with van der Waals surface area (Å²) >= 11 is 2.91. The van der Waals surface area contributed by atoms with E-state index >= 15 is 0 Å². The fraction of sp³-hybridized carbons (Fsp3) is 0.211. The zero-order valence-electron chi connectivity index (χ0n) is 13.9. The Morgan fingerprint density at radius 3 is 2.33 bits per heavy atom. The van der Waals surface area contributed by atoms with Crippen molar-refractivity contribution < 1.29 is 9.36 Å². The average Bonchev–Trinajstić information content (AvgIpc) is 2.58. The standard InChI is InChI=1S/C19H19N2OS2/c1-14-9-15(2)12-21(11-14)17(10-20)19(23-3)24-13-18(22)16-7-5-4-6-8-16/h4-9,11-12H,13H2,1-3H3/q+1/b19-17-. The number of allylic oxidation sites excluding steroid dienone is 1. The summed E-state index contributed by atoms with van der Waals surface area (Å²) < 4.78 is 2.69. The van der Waals surface area contributed by atoms with Crippen molar-refractivity contribution in [2.75, 3.05) is 12.0 Å². The van der Waals surface area contributed by atoms with Crippen LogP contribution in [-0.2, 0) is 0 Å². The molecule has 5 heteroatoms. The highest BCUT2D eigenvalue weighted by molar-refractivity contribution is 8.22. The highest BCUT2D eigenvalue weighted by atomic mass is 32.2. The zero-order chi connectivity index (χ0) is 17.5. The molecule has 0 radical (unpaired) electrons. The maximum absolute atomic E-state index is 12.3. The lowest BCUT2D eigenvalue weighted by molar-refractivity contribution is -0.578. The van der Waals surface area contributed by atoms with Gasteiger partial charge in [-0.25, -0.2) is 0 Å². The van der Waals surface area contributed by atoms with Gasteiger partial charge in [0.1, 0.15) is 4.24 Å². The molecule has 0 unspecified atom stereocenters. The van der Waals surface area contributed by atoms with E-state index < -0.39 is 0 Å². The van der Waals surface area contributed by atoms with Crippen LogP contribution in [-0.4, -0.2) is 17.8 Å². The summed E-state index contributed by atoms with van der Waals surface area (Å²) in [5, 5.41) is 9.60. The SMILES string of the molecule is CS/C(SCC(=O)c1ccccc1)=C(\C#N)[n+]1cc(C)cc(C)c1. The van der Waals surface area contributed by atoms with Crippen molar-refractivity contribution in [3.05, 3.63) is 69.7 Å². The third kappa shape index (κ3) is 4.73. The molecule has 0 spiro atoms. The molecule has 0 aliphatic carbocycles. The molecule has 3 nitrogen and oxygen atoms in total. The third-order valence-corrected chi connectivity index (χ3v) is 5.59. The monoisotopic (exact) mass is 355 g/mol. The second-order valence-corrected chi connectivity index (χ2v) is 7.39. The number of rotatable bonds is 6. The Morgan fingerprint density at radius 1 is 1.17 bits per heavy atom. The topological polar surface area (TPSA) is 44.7 Å². The number of pyridine rings is 1. The number of nitriles is 1. The summed E-state index contributed by atoms with van der Waals surface area (Å²) in [5.74, 6) is 0.381. The fourth-order valence-corrected chi connectivity index (χ4v) is 4.02. The molecule has 1 heterocycles. The van der Waals surface area contributed by atoms with Crippen molar-refractivity contribution in [3.63, 3.8) is 0 Å². The Labute approximate surface area is 151 Å². The van der Waals surface area contributed by atoms with E-state index in [0.29, 0.717) is 17.0 Å². The quantitative estimate of drug-likeness (QED) is 0.442. The van der Waals surface area contributed by atoms with Crippen molar-refractivity contribution in [2.24, 2.45) is 0 Å². The predicted molar refractivity (Wildman–Crippen MR) is 102 cm³/mol. The number of hydrogen-bond donors (Lipinski definition) is 0. The van der Waals surface area contributed by atoms with Crippen LogP contribution in [0.4, 0.5) is 0 Å². The van der Waals surface area contributed by atoms with E-state index in [0.717, 1.165) is 15.4 Å². The molecule has 0 aliphatic rings. The molecule has 2 aromatic rings. The number of thioether (sulfide) groups is 2. The first-order chi connectivity index (χ1) is 11.5. The van der Waals surface area contributed by atoms with Crippen LogP contribution in [0.2, 0.25) is 0 Å². The number of nitrogens with zero attached hydrogens (tertiary/aromatic N) is 2. The van der Waals surface area contributed by atoms with Gasteiger partial charge in [0, 0.05) is 16.7 Å². The van der Waals surface area contributed by atoms with Gasteiger partial charge in [0.05, 0.1) is 5.75 Å². The molecule has 0 amide bonds. The number of aryl methyl sites for hydroxylation is 2. The van der Waals surface area contributed by atoms with Gasteiger partial charge in [-0.3, -0.25) is 4.79 Å². The normalized spacial score (nSPS) is 11.6. The fourth-order valence-electron chi connectivity index (χ4n) is 2.31. The molecule has 1 aromatic carbocycles. The molecule has 0 aliphatic heterocycles. The van der Waals surface area contributed by atoms with E-state index in [1.54, 1.807) is 0 Å². The largest absolute Gasteiger partial charge is 0.308 e. The Morgan fingerprint density at radius 2 is 1.79 bits per heavy atom. The lowest BCUT2D eigenvalue weighted by Gasteiger charge is -2.05. The average molecular weight is 356 g/mol. The molecule has 122 valence electrons. The highest BCUT2D eigenvalue weighted by Crippen LogP contribution is 2.30. The molecule has 0 atom stereocenters. The maximum atomic E-state index is 12.3.